The number of hydrogen-bond acceptors (Lipinski definition) is 2. The number of aryl methyl sites for hydroxylation is 1. The summed E-state index contributed by atoms with van der Waals surface area (Å²) < 4.78 is 0. The molecule has 0 radical (unpaired) electrons. The highest BCUT2D eigenvalue weighted by molar-refractivity contribution is 5.95. The average Bonchev–Trinajstić information content (AvgIpc) is 2.95. The summed E-state index contributed by atoms with van der Waals surface area (Å²) in [4.78, 5) is 12.1. The van der Waals surface area contributed by atoms with Crippen LogP contribution < -0.4 is 5.32 Å². The molecule has 100 valence electrons. The van der Waals surface area contributed by atoms with E-state index < -0.39 is 0 Å². The van der Waals surface area contributed by atoms with Crippen molar-refractivity contribution in [2.75, 3.05) is 6.61 Å². The third kappa shape index (κ3) is 3.15. The standard InChI is InChI=1S/C16H19NO2/c1-11-6-7-13(9-12(11)5-4-8-18)15(19)17-14-10-16(14,2)3/h6-7,9,14,18H,8,10H2,1-3H3,(H,17,19). The highest BCUT2D eigenvalue weighted by Crippen LogP contribution is 2.44. The molecule has 1 aliphatic rings. The number of amides is 1. The van der Waals surface area contributed by atoms with Crippen molar-refractivity contribution < 1.29 is 9.90 Å². The van der Waals surface area contributed by atoms with E-state index in [1.807, 2.05) is 19.1 Å². The highest BCUT2D eigenvalue weighted by Gasteiger charge is 2.46. The summed E-state index contributed by atoms with van der Waals surface area (Å²) >= 11 is 0. The average molecular weight is 257 g/mol. The fraction of sp³-hybridized carbons (Fsp3) is 0.438. The fourth-order valence-corrected chi connectivity index (χ4v) is 1.99. The number of aliphatic hydroxyl groups is 1. The summed E-state index contributed by atoms with van der Waals surface area (Å²) in [5.41, 5.74) is 2.64. The number of rotatable bonds is 2. The van der Waals surface area contributed by atoms with Gasteiger partial charge in [-0.2, -0.15) is 0 Å². The molecule has 19 heavy (non-hydrogen) atoms. The van der Waals surface area contributed by atoms with Gasteiger partial charge in [-0.25, -0.2) is 0 Å². The quantitative estimate of drug-likeness (QED) is 0.795. The molecule has 1 saturated carbocycles. The lowest BCUT2D eigenvalue weighted by Crippen LogP contribution is -2.28. The Morgan fingerprint density at radius 3 is 2.79 bits per heavy atom. The van der Waals surface area contributed by atoms with Gasteiger partial charge < -0.3 is 10.4 Å². The van der Waals surface area contributed by atoms with Gasteiger partial charge in [-0.3, -0.25) is 4.79 Å². The first-order valence-corrected chi connectivity index (χ1v) is 6.45. The third-order valence-corrected chi connectivity index (χ3v) is 3.62. The van der Waals surface area contributed by atoms with E-state index in [1.54, 1.807) is 6.07 Å². The molecule has 1 aliphatic carbocycles. The highest BCUT2D eigenvalue weighted by atomic mass is 16.2. The number of hydrogen-bond donors (Lipinski definition) is 2. The summed E-state index contributed by atoms with van der Waals surface area (Å²) in [6.07, 6.45) is 1.03. The van der Waals surface area contributed by atoms with Crippen molar-refractivity contribution in [3.63, 3.8) is 0 Å². The second-order valence-corrected chi connectivity index (χ2v) is 5.71. The van der Waals surface area contributed by atoms with Crippen molar-refractivity contribution in [1.29, 1.82) is 0 Å². The molecule has 3 heteroatoms. The van der Waals surface area contributed by atoms with Crippen molar-refractivity contribution >= 4 is 5.91 Å². The first kappa shape index (κ1) is 13.6. The lowest BCUT2D eigenvalue weighted by molar-refractivity contribution is 0.0946. The maximum absolute atomic E-state index is 12.1. The van der Waals surface area contributed by atoms with E-state index in [0.717, 1.165) is 17.5 Å². The lowest BCUT2D eigenvalue weighted by Gasteiger charge is -2.08. The van der Waals surface area contributed by atoms with Crippen LogP contribution in [0, 0.1) is 24.2 Å². The topological polar surface area (TPSA) is 49.3 Å². The fourth-order valence-electron chi connectivity index (χ4n) is 1.99. The van der Waals surface area contributed by atoms with Crippen LogP contribution in [0.4, 0.5) is 0 Å². The van der Waals surface area contributed by atoms with Crippen LogP contribution in [0.3, 0.4) is 0 Å². The van der Waals surface area contributed by atoms with Crippen molar-refractivity contribution in [3.8, 4) is 11.8 Å². The Morgan fingerprint density at radius 1 is 1.53 bits per heavy atom. The summed E-state index contributed by atoms with van der Waals surface area (Å²) in [6, 6.07) is 5.74. The monoisotopic (exact) mass is 257 g/mol. The Hall–Kier alpha value is -1.79. The maximum Gasteiger partial charge on any atom is 0.251 e. The Morgan fingerprint density at radius 2 is 2.21 bits per heavy atom. The van der Waals surface area contributed by atoms with E-state index in [-0.39, 0.29) is 24.0 Å². The van der Waals surface area contributed by atoms with Gasteiger partial charge in [-0.1, -0.05) is 31.8 Å². The summed E-state index contributed by atoms with van der Waals surface area (Å²) in [6.45, 7) is 6.05. The van der Waals surface area contributed by atoms with E-state index >= 15 is 0 Å². The molecule has 1 amide bonds. The SMILES string of the molecule is Cc1ccc(C(=O)NC2CC2(C)C)cc1C#CCO. The molecule has 1 aromatic carbocycles. The molecule has 1 aromatic rings. The zero-order chi connectivity index (χ0) is 14.0. The van der Waals surface area contributed by atoms with E-state index in [4.69, 9.17) is 5.11 Å². The molecule has 0 bridgehead atoms. The molecule has 2 N–H and O–H groups in total. The van der Waals surface area contributed by atoms with Crippen LogP contribution in [0.2, 0.25) is 0 Å². The molecular formula is C16H19NO2. The molecule has 0 spiro atoms. The normalized spacial score (nSPS) is 19.3. The number of carbonyl (C=O) groups is 1. The molecule has 0 aromatic heterocycles. The minimum absolute atomic E-state index is 0.0531. The first-order valence-electron chi connectivity index (χ1n) is 6.45. The summed E-state index contributed by atoms with van der Waals surface area (Å²) in [7, 11) is 0. The van der Waals surface area contributed by atoms with E-state index in [2.05, 4.69) is 31.0 Å². The smallest absolute Gasteiger partial charge is 0.251 e. The van der Waals surface area contributed by atoms with Crippen LogP contribution in [-0.4, -0.2) is 23.7 Å². The zero-order valence-electron chi connectivity index (χ0n) is 11.6. The lowest BCUT2D eigenvalue weighted by atomic mass is 10.0. The van der Waals surface area contributed by atoms with Gasteiger partial charge in [0, 0.05) is 17.2 Å². The van der Waals surface area contributed by atoms with Crippen molar-refractivity contribution in [1.82, 2.24) is 5.32 Å². The van der Waals surface area contributed by atoms with Crippen LogP contribution in [0.15, 0.2) is 18.2 Å². The van der Waals surface area contributed by atoms with Crippen LogP contribution in [-0.2, 0) is 0 Å². The van der Waals surface area contributed by atoms with Gasteiger partial charge in [0.05, 0.1) is 0 Å². The Balaban J connectivity index is 2.14. The van der Waals surface area contributed by atoms with Gasteiger partial charge in [-0.15, -0.1) is 0 Å². The Kier molecular flexibility index (Phi) is 3.64. The molecule has 2 rings (SSSR count). The second-order valence-electron chi connectivity index (χ2n) is 5.71. The molecule has 0 saturated heterocycles. The molecule has 0 aliphatic heterocycles. The van der Waals surface area contributed by atoms with Crippen LogP contribution in [0.5, 0.6) is 0 Å². The number of benzene rings is 1. The summed E-state index contributed by atoms with van der Waals surface area (Å²) in [5, 5.41) is 11.8. The van der Waals surface area contributed by atoms with Gasteiger partial charge in [0.25, 0.3) is 5.91 Å². The minimum atomic E-state index is -0.174. The molecule has 1 fully saturated rings. The van der Waals surface area contributed by atoms with E-state index in [9.17, 15) is 4.79 Å². The van der Waals surface area contributed by atoms with Gasteiger partial charge in [0.1, 0.15) is 6.61 Å². The predicted molar refractivity (Wildman–Crippen MR) is 74.8 cm³/mol. The number of aliphatic hydroxyl groups excluding tert-OH is 1. The van der Waals surface area contributed by atoms with E-state index in [0.29, 0.717) is 5.56 Å². The van der Waals surface area contributed by atoms with Gasteiger partial charge >= 0.3 is 0 Å². The number of nitrogens with one attached hydrogen (secondary N) is 1. The second kappa shape index (κ2) is 5.07. The van der Waals surface area contributed by atoms with Crippen LogP contribution in [0.1, 0.15) is 41.8 Å². The van der Waals surface area contributed by atoms with E-state index in [1.165, 1.54) is 0 Å². The molecule has 1 atom stereocenters. The number of carbonyl (C=O) groups excluding carboxylic acids is 1. The van der Waals surface area contributed by atoms with Crippen molar-refractivity contribution in [2.24, 2.45) is 5.41 Å². The Labute approximate surface area is 114 Å². The molecule has 1 unspecified atom stereocenters. The predicted octanol–water partition coefficient (Wildman–Crippen LogP) is 1.87. The van der Waals surface area contributed by atoms with Crippen LogP contribution in [0.25, 0.3) is 0 Å². The zero-order valence-corrected chi connectivity index (χ0v) is 11.6. The molecule has 0 heterocycles. The Bertz CT molecular complexity index is 564. The summed E-state index contributed by atoms with van der Waals surface area (Å²) in [5.74, 6) is 5.42. The molecule has 3 nitrogen and oxygen atoms in total. The van der Waals surface area contributed by atoms with Gasteiger partial charge in [0.15, 0.2) is 0 Å². The van der Waals surface area contributed by atoms with Crippen molar-refractivity contribution in [3.05, 3.63) is 34.9 Å². The van der Waals surface area contributed by atoms with Gasteiger partial charge in [0.2, 0.25) is 0 Å². The third-order valence-electron chi connectivity index (χ3n) is 3.62. The first-order chi connectivity index (χ1) is 8.94. The molecular weight excluding hydrogens is 238 g/mol. The van der Waals surface area contributed by atoms with Gasteiger partial charge in [-0.05, 0) is 36.5 Å². The largest absolute Gasteiger partial charge is 0.384 e. The van der Waals surface area contributed by atoms with Crippen molar-refractivity contribution in [2.45, 2.75) is 33.2 Å². The maximum atomic E-state index is 12.1. The minimum Gasteiger partial charge on any atom is -0.384 e. The van der Waals surface area contributed by atoms with Crippen LogP contribution >= 0.6 is 0 Å².